The number of pyridine rings is 1. The van der Waals surface area contributed by atoms with E-state index in [0.29, 0.717) is 50.3 Å². The Hall–Kier alpha value is -3.97. The van der Waals surface area contributed by atoms with Gasteiger partial charge in [0.2, 0.25) is 0 Å². The van der Waals surface area contributed by atoms with Crippen LogP contribution in [-0.4, -0.2) is 62.1 Å². The van der Waals surface area contributed by atoms with Crippen molar-refractivity contribution < 1.29 is 23.4 Å². The molecule has 13 heteroatoms. The third kappa shape index (κ3) is 5.73. The number of rotatable bonds is 9. The van der Waals surface area contributed by atoms with Crippen molar-refractivity contribution in [2.45, 2.75) is 17.5 Å². The Labute approximate surface area is 229 Å². The summed E-state index contributed by atoms with van der Waals surface area (Å²) in [5, 5.41) is 32.2. The van der Waals surface area contributed by atoms with E-state index in [0.717, 1.165) is 6.26 Å². The number of hydrogen-bond donors (Lipinski definition) is 3. The lowest BCUT2D eigenvalue weighted by Gasteiger charge is -2.12. The normalized spacial score (nSPS) is 12.5. The fraction of sp³-hybridized carbons (Fsp3) is 0.192. The number of aromatic nitrogens is 5. The fourth-order valence-corrected chi connectivity index (χ4v) is 4.95. The number of aryl methyl sites for hydroxylation is 1. The first-order valence-electron chi connectivity index (χ1n) is 11.8. The van der Waals surface area contributed by atoms with Crippen LogP contribution in [0.15, 0.2) is 71.9 Å². The highest BCUT2D eigenvalue weighted by Gasteiger charge is 2.19. The standard InChI is InChI=1S/C26H25ClN6O5S/c1-32-25-20(26(31-32)29-23-9-11-33(30-23)14-17(35)15-34)12-16(24-21(27)4-3-10-28-24)13-22(25)38-18-5-7-19(8-6-18)39(2,36)37/h3-13,17,34-35H,14-15H2,1-2H3,(H,29,30,31). The van der Waals surface area contributed by atoms with Gasteiger partial charge < -0.3 is 20.3 Å². The Morgan fingerprint density at radius 3 is 2.59 bits per heavy atom. The summed E-state index contributed by atoms with van der Waals surface area (Å²) in [6, 6.07) is 15.1. The molecule has 0 fully saturated rings. The zero-order valence-corrected chi connectivity index (χ0v) is 22.6. The highest BCUT2D eigenvalue weighted by molar-refractivity contribution is 7.90. The Balaban J connectivity index is 1.58. The zero-order valence-electron chi connectivity index (χ0n) is 21.0. The third-order valence-corrected chi connectivity index (χ3v) is 7.34. The van der Waals surface area contributed by atoms with Gasteiger partial charge >= 0.3 is 0 Å². The first-order valence-corrected chi connectivity index (χ1v) is 14.1. The Kier molecular flexibility index (Phi) is 7.28. The number of aliphatic hydroxyl groups is 2. The quantitative estimate of drug-likeness (QED) is 0.242. The smallest absolute Gasteiger partial charge is 0.175 e. The Morgan fingerprint density at radius 2 is 1.90 bits per heavy atom. The molecule has 0 aliphatic carbocycles. The average molecular weight is 569 g/mol. The van der Waals surface area contributed by atoms with Crippen LogP contribution in [0.1, 0.15) is 0 Å². The molecule has 0 saturated carbocycles. The molecule has 202 valence electrons. The van der Waals surface area contributed by atoms with E-state index in [9.17, 15) is 13.5 Å². The summed E-state index contributed by atoms with van der Waals surface area (Å²) in [4.78, 5) is 4.63. The number of fused-ring (bicyclic) bond motifs is 1. The zero-order chi connectivity index (χ0) is 27.7. The topological polar surface area (TPSA) is 144 Å². The van der Waals surface area contributed by atoms with Crippen LogP contribution in [0, 0.1) is 0 Å². The van der Waals surface area contributed by atoms with E-state index in [4.69, 9.17) is 21.4 Å². The van der Waals surface area contributed by atoms with Gasteiger partial charge in [0.25, 0.3) is 0 Å². The van der Waals surface area contributed by atoms with Crippen molar-refractivity contribution in [1.29, 1.82) is 0 Å². The molecule has 3 aromatic heterocycles. The van der Waals surface area contributed by atoms with Gasteiger partial charge in [0, 0.05) is 42.7 Å². The van der Waals surface area contributed by atoms with E-state index < -0.39 is 15.9 Å². The van der Waals surface area contributed by atoms with Crippen LogP contribution in [0.3, 0.4) is 0 Å². The minimum Gasteiger partial charge on any atom is -0.455 e. The van der Waals surface area contributed by atoms with Gasteiger partial charge in [-0.1, -0.05) is 11.6 Å². The number of nitrogens with zero attached hydrogens (tertiary/aromatic N) is 5. The molecule has 0 spiro atoms. The Morgan fingerprint density at radius 1 is 1.13 bits per heavy atom. The first-order chi connectivity index (χ1) is 18.6. The van der Waals surface area contributed by atoms with Crippen molar-refractivity contribution in [1.82, 2.24) is 24.5 Å². The molecular weight excluding hydrogens is 544 g/mol. The highest BCUT2D eigenvalue weighted by Crippen LogP contribution is 2.39. The summed E-state index contributed by atoms with van der Waals surface area (Å²) in [6.07, 6.45) is 3.55. The molecule has 1 unspecified atom stereocenters. The number of aliphatic hydroxyl groups excluding tert-OH is 2. The predicted octanol–water partition coefficient (Wildman–Crippen LogP) is 3.78. The van der Waals surface area contributed by atoms with Crippen molar-refractivity contribution >= 4 is 44.0 Å². The van der Waals surface area contributed by atoms with Gasteiger partial charge in [0.1, 0.15) is 11.3 Å². The number of hydrogen-bond acceptors (Lipinski definition) is 9. The van der Waals surface area contributed by atoms with Crippen LogP contribution in [0.4, 0.5) is 11.6 Å². The van der Waals surface area contributed by atoms with Crippen LogP contribution in [-0.2, 0) is 23.4 Å². The number of benzene rings is 2. The molecule has 0 radical (unpaired) electrons. The van der Waals surface area contributed by atoms with Crippen molar-refractivity contribution in [2.24, 2.45) is 7.05 Å². The van der Waals surface area contributed by atoms with Crippen LogP contribution in [0.25, 0.3) is 22.2 Å². The molecule has 0 saturated heterocycles. The maximum Gasteiger partial charge on any atom is 0.175 e. The van der Waals surface area contributed by atoms with Gasteiger partial charge in [-0.25, -0.2) is 8.42 Å². The minimum atomic E-state index is -3.35. The number of halogens is 1. The molecule has 2 aromatic carbocycles. The molecule has 11 nitrogen and oxygen atoms in total. The van der Waals surface area contributed by atoms with Crippen molar-refractivity contribution in [3.63, 3.8) is 0 Å². The lowest BCUT2D eigenvalue weighted by molar-refractivity contribution is 0.0783. The SMILES string of the molecule is Cn1nc(Nc2ccn(CC(O)CO)n2)c2cc(-c3ncccc3Cl)cc(Oc3ccc(S(C)(=O)=O)cc3)c21. The summed E-state index contributed by atoms with van der Waals surface area (Å²) >= 11 is 6.47. The van der Waals surface area contributed by atoms with E-state index in [1.54, 1.807) is 60.5 Å². The highest BCUT2D eigenvalue weighted by atomic mass is 35.5. The van der Waals surface area contributed by atoms with Gasteiger partial charge in [-0.05, 0) is 48.5 Å². The molecule has 0 aliphatic heterocycles. The summed E-state index contributed by atoms with van der Waals surface area (Å²) in [7, 11) is -1.57. The molecular formula is C26H25ClN6O5S. The molecule has 0 amide bonds. The van der Waals surface area contributed by atoms with E-state index in [2.05, 4.69) is 20.5 Å². The lowest BCUT2D eigenvalue weighted by atomic mass is 10.1. The van der Waals surface area contributed by atoms with Crippen LogP contribution >= 0.6 is 11.6 Å². The largest absolute Gasteiger partial charge is 0.455 e. The summed E-state index contributed by atoms with van der Waals surface area (Å²) < 4.78 is 33.2. The van der Waals surface area contributed by atoms with E-state index in [1.165, 1.54) is 16.8 Å². The maximum atomic E-state index is 11.9. The number of anilines is 2. The van der Waals surface area contributed by atoms with Crippen molar-refractivity contribution in [3.05, 3.63) is 72.0 Å². The molecule has 5 rings (SSSR count). The average Bonchev–Trinajstić information content (AvgIpc) is 3.47. The molecule has 39 heavy (non-hydrogen) atoms. The van der Waals surface area contributed by atoms with E-state index >= 15 is 0 Å². The second kappa shape index (κ2) is 10.7. The first kappa shape index (κ1) is 26.6. The molecule has 1 atom stereocenters. The second-order valence-corrected chi connectivity index (χ2v) is 11.3. The van der Waals surface area contributed by atoms with Gasteiger partial charge in [0.15, 0.2) is 27.2 Å². The van der Waals surface area contributed by atoms with Crippen molar-refractivity contribution in [2.75, 3.05) is 18.2 Å². The van der Waals surface area contributed by atoms with Gasteiger partial charge in [-0.15, -0.1) is 0 Å². The summed E-state index contributed by atoms with van der Waals surface area (Å²) in [6.45, 7) is -0.230. The predicted molar refractivity (Wildman–Crippen MR) is 147 cm³/mol. The molecule has 0 bridgehead atoms. The van der Waals surface area contributed by atoms with Gasteiger partial charge in [-0.2, -0.15) is 10.2 Å². The minimum absolute atomic E-state index is 0.138. The molecule has 5 aromatic rings. The monoisotopic (exact) mass is 568 g/mol. The molecule has 0 aliphatic rings. The van der Waals surface area contributed by atoms with Crippen LogP contribution in [0.2, 0.25) is 5.02 Å². The number of sulfone groups is 1. The van der Waals surface area contributed by atoms with E-state index in [-0.39, 0.29) is 18.0 Å². The molecule has 3 N–H and O–H groups in total. The number of ether oxygens (including phenoxy) is 1. The Bertz CT molecular complexity index is 1750. The number of nitrogens with one attached hydrogen (secondary N) is 1. The second-order valence-electron chi connectivity index (χ2n) is 8.91. The van der Waals surface area contributed by atoms with Crippen LogP contribution in [0.5, 0.6) is 11.5 Å². The van der Waals surface area contributed by atoms with Gasteiger partial charge in [-0.3, -0.25) is 14.3 Å². The fourth-order valence-electron chi connectivity index (χ4n) is 4.09. The van der Waals surface area contributed by atoms with Crippen LogP contribution < -0.4 is 10.1 Å². The molecule has 3 heterocycles. The maximum absolute atomic E-state index is 11.9. The van der Waals surface area contributed by atoms with Gasteiger partial charge in [0.05, 0.1) is 34.9 Å². The lowest BCUT2D eigenvalue weighted by Crippen LogP contribution is -2.20. The van der Waals surface area contributed by atoms with E-state index in [1.807, 2.05) is 6.07 Å². The summed E-state index contributed by atoms with van der Waals surface area (Å²) in [5.74, 6) is 1.87. The summed E-state index contributed by atoms with van der Waals surface area (Å²) in [5.41, 5.74) is 1.90. The third-order valence-electron chi connectivity index (χ3n) is 5.91. The van der Waals surface area contributed by atoms with Crippen molar-refractivity contribution in [3.8, 4) is 22.8 Å².